The number of aliphatic hydroxyl groups excluding tert-OH is 1. The van der Waals surface area contributed by atoms with Crippen LogP contribution in [0.15, 0.2) is 24.3 Å². The molecular formula is C14H20O2. The van der Waals surface area contributed by atoms with E-state index in [0.29, 0.717) is 0 Å². The molecule has 2 nitrogen and oxygen atoms in total. The number of aliphatic hydroxyl groups is 1. The molecule has 0 radical (unpaired) electrons. The summed E-state index contributed by atoms with van der Waals surface area (Å²) in [5.41, 5.74) is 0. The zero-order chi connectivity index (χ0) is 11.4. The summed E-state index contributed by atoms with van der Waals surface area (Å²) in [7, 11) is 0. The lowest BCUT2D eigenvalue weighted by molar-refractivity contribution is -0.134. The van der Waals surface area contributed by atoms with Gasteiger partial charge in [-0.15, -0.1) is 0 Å². The molecule has 2 aliphatic carbocycles. The van der Waals surface area contributed by atoms with Crippen LogP contribution in [-0.2, 0) is 4.79 Å². The molecule has 0 fully saturated rings. The Morgan fingerprint density at radius 3 is 2.31 bits per heavy atom. The average Bonchev–Trinajstić information content (AvgIpc) is 2.39. The van der Waals surface area contributed by atoms with E-state index in [9.17, 15) is 9.90 Å². The Bertz CT molecular complexity index is 304. The van der Waals surface area contributed by atoms with Crippen LogP contribution in [0.1, 0.15) is 38.5 Å². The number of hydrogen-bond donors (Lipinski definition) is 1. The molecule has 16 heavy (non-hydrogen) atoms. The Kier molecular flexibility index (Phi) is 3.94. The summed E-state index contributed by atoms with van der Waals surface area (Å²) < 4.78 is 0. The predicted octanol–water partition coefficient (Wildman–Crippen LogP) is 2.63. The third-order valence-corrected chi connectivity index (χ3v) is 3.72. The number of Topliss-reactive ketones (excluding diaryl/α,β-unsaturated/α-hetero) is 1. The van der Waals surface area contributed by atoms with Crippen molar-refractivity contribution in [2.45, 2.75) is 44.6 Å². The predicted molar refractivity (Wildman–Crippen MR) is 64.0 cm³/mol. The Labute approximate surface area is 97.0 Å². The van der Waals surface area contributed by atoms with E-state index in [1.165, 1.54) is 0 Å². The third kappa shape index (κ3) is 2.62. The van der Waals surface area contributed by atoms with Crippen molar-refractivity contribution in [1.82, 2.24) is 0 Å². The van der Waals surface area contributed by atoms with Gasteiger partial charge >= 0.3 is 0 Å². The van der Waals surface area contributed by atoms with E-state index in [-0.39, 0.29) is 17.6 Å². The van der Waals surface area contributed by atoms with Gasteiger partial charge in [0.15, 0.2) is 5.78 Å². The summed E-state index contributed by atoms with van der Waals surface area (Å²) in [5, 5.41) is 10.1. The zero-order valence-electron chi connectivity index (χ0n) is 9.64. The summed E-state index contributed by atoms with van der Waals surface area (Å²) in [6, 6.07) is 0. The van der Waals surface area contributed by atoms with Gasteiger partial charge in [-0.2, -0.15) is 0 Å². The molecule has 0 aromatic heterocycles. The van der Waals surface area contributed by atoms with Crippen LogP contribution in [0.2, 0.25) is 0 Å². The maximum Gasteiger partial charge on any atom is 0.164 e. The van der Waals surface area contributed by atoms with E-state index in [0.717, 1.165) is 38.5 Å². The highest BCUT2D eigenvalue weighted by Crippen LogP contribution is 2.27. The van der Waals surface area contributed by atoms with Crippen molar-refractivity contribution in [3.05, 3.63) is 24.3 Å². The summed E-state index contributed by atoms with van der Waals surface area (Å²) >= 11 is 0. The number of carbonyl (C=O) groups excluding carboxylic acids is 1. The minimum absolute atomic E-state index is 0.0610. The summed E-state index contributed by atoms with van der Waals surface area (Å²) in [4.78, 5) is 12.1. The second-order valence-electron chi connectivity index (χ2n) is 4.87. The lowest BCUT2D eigenvalue weighted by atomic mass is 9.81. The zero-order valence-corrected chi connectivity index (χ0v) is 9.64. The number of allylic oxidation sites excluding steroid dienone is 4. The largest absolute Gasteiger partial charge is 0.385 e. The SMILES string of the molecule is O=C(C1CC=CCC1)C(O)C1CC=CCC1. The molecule has 0 aliphatic heterocycles. The van der Waals surface area contributed by atoms with E-state index in [1.54, 1.807) is 0 Å². The van der Waals surface area contributed by atoms with Gasteiger partial charge in [-0.3, -0.25) is 4.79 Å². The summed E-state index contributed by atoms with van der Waals surface area (Å²) in [6.45, 7) is 0. The maximum absolute atomic E-state index is 12.1. The molecule has 0 aromatic rings. The van der Waals surface area contributed by atoms with Crippen LogP contribution in [0.5, 0.6) is 0 Å². The highest BCUT2D eigenvalue weighted by molar-refractivity contribution is 5.85. The fraction of sp³-hybridized carbons (Fsp3) is 0.643. The van der Waals surface area contributed by atoms with Crippen LogP contribution in [0, 0.1) is 11.8 Å². The first-order valence-electron chi connectivity index (χ1n) is 6.31. The number of rotatable bonds is 3. The van der Waals surface area contributed by atoms with Crippen molar-refractivity contribution in [1.29, 1.82) is 0 Å². The van der Waals surface area contributed by atoms with Gasteiger partial charge in [0.25, 0.3) is 0 Å². The van der Waals surface area contributed by atoms with Crippen LogP contribution in [0.3, 0.4) is 0 Å². The molecule has 0 aromatic carbocycles. The molecule has 0 heterocycles. The fourth-order valence-electron chi connectivity index (χ4n) is 2.63. The fourth-order valence-corrected chi connectivity index (χ4v) is 2.63. The van der Waals surface area contributed by atoms with Gasteiger partial charge in [0, 0.05) is 5.92 Å². The second-order valence-corrected chi connectivity index (χ2v) is 4.87. The van der Waals surface area contributed by atoms with Crippen molar-refractivity contribution in [2.75, 3.05) is 0 Å². The smallest absolute Gasteiger partial charge is 0.164 e. The molecule has 3 unspecified atom stereocenters. The normalized spacial score (nSPS) is 31.3. The highest BCUT2D eigenvalue weighted by atomic mass is 16.3. The van der Waals surface area contributed by atoms with E-state index < -0.39 is 6.10 Å². The van der Waals surface area contributed by atoms with Crippen molar-refractivity contribution in [3.8, 4) is 0 Å². The Morgan fingerprint density at radius 2 is 1.75 bits per heavy atom. The van der Waals surface area contributed by atoms with Gasteiger partial charge < -0.3 is 5.11 Å². The van der Waals surface area contributed by atoms with Gasteiger partial charge in [-0.25, -0.2) is 0 Å². The molecular weight excluding hydrogens is 200 g/mol. The molecule has 0 bridgehead atoms. The van der Waals surface area contributed by atoms with Gasteiger partial charge in [0.05, 0.1) is 0 Å². The highest BCUT2D eigenvalue weighted by Gasteiger charge is 2.31. The van der Waals surface area contributed by atoms with Crippen LogP contribution < -0.4 is 0 Å². The first-order chi connectivity index (χ1) is 7.79. The first-order valence-corrected chi connectivity index (χ1v) is 6.31. The third-order valence-electron chi connectivity index (χ3n) is 3.72. The molecule has 2 heteroatoms. The number of ketones is 1. The average molecular weight is 220 g/mol. The topological polar surface area (TPSA) is 37.3 Å². The summed E-state index contributed by atoms with van der Waals surface area (Å²) in [6.07, 6.45) is 13.2. The van der Waals surface area contributed by atoms with Crippen molar-refractivity contribution < 1.29 is 9.90 Å². The molecule has 0 saturated carbocycles. The van der Waals surface area contributed by atoms with Crippen LogP contribution >= 0.6 is 0 Å². The Balaban J connectivity index is 1.92. The summed E-state index contributed by atoms with van der Waals surface area (Å²) in [5.74, 6) is 0.291. The molecule has 88 valence electrons. The van der Waals surface area contributed by atoms with Crippen molar-refractivity contribution in [2.24, 2.45) is 11.8 Å². The van der Waals surface area contributed by atoms with Crippen LogP contribution in [0.25, 0.3) is 0 Å². The number of carbonyl (C=O) groups is 1. The maximum atomic E-state index is 12.1. The van der Waals surface area contributed by atoms with Crippen molar-refractivity contribution >= 4 is 5.78 Å². The van der Waals surface area contributed by atoms with Gasteiger partial charge in [0.1, 0.15) is 6.10 Å². The Morgan fingerprint density at radius 1 is 1.06 bits per heavy atom. The van der Waals surface area contributed by atoms with E-state index in [1.807, 2.05) is 0 Å². The molecule has 1 N–H and O–H groups in total. The monoisotopic (exact) mass is 220 g/mol. The van der Waals surface area contributed by atoms with Crippen molar-refractivity contribution in [3.63, 3.8) is 0 Å². The molecule has 0 saturated heterocycles. The number of hydrogen-bond acceptors (Lipinski definition) is 2. The first kappa shape index (κ1) is 11.6. The second kappa shape index (κ2) is 5.44. The minimum Gasteiger partial charge on any atom is -0.385 e. The van der Waals surface area contributed by atoms with Gasteiger partial charge in [-0.1, -0.05) is 24.3 Å². The van der Waals surface area contributed by atoms with E-state index in [4.69, 9.17) is 0 Å². The lowest BCUT2D eigenvalue weighted by Gasteiger charge is -2.26. The molecule has 2 rings (SSSR count). The van der Waals surface area contributed by atoms with Gasteiger partial charge in [0.2, 0.25) is 0 Å². The quantitative estimate of drug-likeness (QED) is 0.742. The molecule has 0 spiro atoms. The lowest BCUT2D eigenvalue weighted by Crippen LogP contribution is -2.35. The molecule has 2 aliphatic rings. The minimum atomic E-state index is -0.735. The van der Waals surface area contributed by atoms with Crippen LogP contribution in [0.4, 0.5) is 0 Å². The van der Waals surface area contributed by atoms with E-state index in [2.05, 4.69) is 24.3 Å². The van der Waals surface area contributed by atoms with E-state index >= 15 is 0 Å². The molecule has 0 amide bonds. The standard InChI is InChI=1S/C14H20O2/c15-13(11-7-3-1-4-8-11)14(16)12-9-5-2-6-10-12/h1-3,5,11-13,15H,4,6-10H2. The van der Waals surface area contributed by atoms with Gasteiger partial charge in [-0.05, 0) is 44.4 Å². The van der Waals surface area contributed by atoms with Crippen LogP contribution in [-0.4, -0.2) is 17.0 Å². The Hall–Kier alpha value is -0.890. The molecule has 3 atom stereocenters.